The average Bonchev–Trinajstić information content (AvgIpc) is 2.95. The fourth-order valence-corrected chi connectivity index (χ4v) is 2.01. The van der Waals surface area contributed by atoms with Gasteiger partial charge in [-0.3, -0.25) is 4.98 Å². The fraction of sp³-hybridized carbons (Fsp3) is 0.250. The second kappa shape index (κ2) is 4.72. The van der Waals surface area contributed by atoms with Crippen LogP contribution in [0.25, 0.3) is 11.1 Å². The lowest BCUT2D eigenvalue weighted by atomic mass is 10.2. The normalized spacial score (nSPS) is 11.1. The molecule has 0 radical (unpaired) electrons. The summed E-state index contributed by atoms with van der Waals surface area (Å²) in [7, 11) is 1.89. The van der Waals surface area contributed by atoms with Crippen LogP contribution in [-0.4, -0.2) is 26.3 Å². The van der Waals surface area contributed by atoms with Gasteiger partial charge in [-0.15, -0.1) is 10.2 Å². The minimum Gasteiger partial charge on any atom is -0.408 e. The van der Waals surface area contributed by atoms with E-state index in [0.29, 0.717) is 23.3 Å². The number of H-pyrrole nitrogens is 1. The van der Waals surface area contributed by atoms with Crippen molar-refractivity contribution >= 4 is 22.5 Å². The van der Waals surface area contributed by atoms with Gasteiger partial charge in [0.25, 0.3) is 0 Å². The monoisotopic (exact) mass is 274 g/mol. The van der Waals surface area contributed by atoms with Gasteiger partial charge in [0.05, 0.1) is 16.9 Å². The third kappa shape index (κ3) is 2.22. The number of fused-ring (bicyclic) bond motifs is 1. The van der Waals surface area contributed by atoms with Crippen LogP contribution in [0, 0.1) is 0 Å². The zero-order valence-electron chi connectivity index (χ0n) is 10.9. The number of hydrogen-bond acceptors (Lipinski definition) is 6. The van der Waals surface area contributed by atoms with Gasteiger partial charge in [-0.1, -0.05) is 0 Å². The molecule has 4 N–H and O–H groups in total. The Kier molecular flexibility index (Phi) is 2.90. The number of nitrogen functional groups attached to an aromatic ring is 1. The molecule has 0 atom stereocenters. The van der Waals surface area contributed by atoms with E-state index >= 15 is 0 Å². The second-order valence-corrected chi connectivity index (χ2v) is 4.48. The van der Waals surface area contributed by atoms with E-state index in [4.69, 9.17) is 10.2 Å². The lowest BCUT2D eigenvalue weighted by Gasteiger charge is -2.08. The van der Waals surface area contributed by atoms with Crippen LogP contribution in [0.2, 0.25) is 0 Å². The molecule has 0 unspecified atom stereocenters. The van der Waals surface area contributed by atoms with E-state index < -0.39 is 5.76 Å². The molecule has 3 rings (SSSR count). The number of rotatable bonds is 4. The summed E-state index contributed by atoms with van der Waals surface area (Å²) in [4.78, 5) is 13.7. The molecule has 0 amide bonds. The van der Waals surface area contributed by atoms with Crippen molar-refractivity contribution in [1.29, 1.82) is 0 Å². The van der Waals surface area contributed by atoms with Crippen molar-refractivity contribution in [2.45, 2.75) is 6.42 Å². The number of oxazole rings is 1. The van der Waals surface area contributed by atoms with E-state index in [1.54, 1.807) is 18.5 Å². The first kappa shape index (κ1) is 12.3. The number of nitrogens with two attached hydrogens (primary N) is 1. The second-order valence-electron chi connectivity index (χ2n) is 4.48. The molecule has 0 fully saturated rings. The van der Waals surface area contributed by atoms with Crippen LogP contribution in [0.1, 0.15) is 5.82 Å². The van der Waals surface area contributed by atoms with E-state index in [-0.39, 0.29) is 0 Å². The number of benzene rings is 1. The Labute approximate surface area is 113 Å². The van der Waals surface area contributed by atoms with E-state index in [1.807, 2.05) is 11.6 Å². The van der Waals surface area contributed by atoms with Crippen LogP contribution in [-0.2, 0) is 13.5 Å². The van der Waals surface area contributed by atoms with Crippen LogP contribution < -0.4 is 16.8 Å². The van der Waals surface area contributed by atoms with Gasteiger partial charge < -0.3 is 20.0 Å². The topological polar surface area (TPSA) is 115 Å². The summed E-state index contributed by atoms with van der Waals surface area (Å²) >= 11 is 0. The first-order chi connectivity index (χ1) is 9.63. The molecule has 0 aliphatic rings. The predicted molar refractivity (Wildman–Crippen MR) is 74.4 cm³/mol. The molecule has 0 spiro atoms. The maximum Gasteiger partial charge on any atom is 0.417 e. The Morgan fingerprint density at radius 1 is 1.50 bits per heavy atom. The van der Waals surface area contributed by atoms with Crippen LogP contribution in [0.3, 0.4) is 0 Å². The number of nitrogens with one attached hydrogen (secondary N) is 2. The van der Waals surface area contributed by atoms with Crippen molar-refractivity contribution in [3.8, 4) is 0 Å². The predicted octanol–water partition coefficient (Wildman–Crippen LogP) is 0.486. The van der Waals surface area contributed by atoms with Crippen molar-refractivity contribution in [2.75, 3.05) is 17.6 Å². The maximum absolute atomic E-state index is 11.1. The summed E-state index contributed by atoms with van der Waals surface area (Å²) in [6, 6.07) is 3.38. The standard InChI is InChI=1S/C12H14N6O2/c1-18-6-15-17-11(18)2-3-14-8-5-9-10(4-7(8)13)20-12(19)16-9/h4-6,14H,2-3,13H2,1H3,(H,16,19). The molecular formula is C12H14N6O2. The van der Waals surface area contributed by atoms with Gasteiger partial charge >= 0.3 is 5.76 Å². The molecule has 8 heteroatoms. The molecule has 0 bridgehead atoms. The largest absolute Gasteiger partial charge is 0.417 e. The van der Waals surface area contributed by atoms with Crippen molar-refractivity contribution in [1.82, 2.24) is 19.7 Å². The smallest absolute Gasteiger partial charge is 0.408 e. The lowest BCUT2D eigenvalue weighted by Crippen LogP contribution is -2.09. The van der Waals surface area contributed by atoms with Gasteiger partial charge in [0.15, 0.2) is 5.58 Å². The number of aromatic amines is 1. The number of nitrogens with zero attached hydrogens (tertiary/aromatic N) is 3. The van der Waals surface area contributed by atoms with Crippen LogP contribution >= 0.6 is 0 Å². The van der Waals surface area contributed by atoms with Crippen LogP contribution in [0.4, 0.5) is 11.4 Å². The molecule has 0 saturated carbocycles. The molecule has 0 aliphatic carbocycles. The molecule has 1 aromatic carbocycles. The minimum absolute atomic E-state index is 0.450. The summed E-state index contributed by atoms with van der Waals surface area (Å²) in [5.41, 5.74) is 8.25. The summed E-state index contributed by atoms with van der Waals surface area (Å²) in [6.45, 7) is 0.657. The van der Waals surface area contributed by atoms with E-state index in [9.17, 15) is 4.79 Å². The zero-order valence-corrected chi connectivity index (χ0v) is 10.9. The van der Waals surface area contributed by atoms with Crippen LogP contribution in [0.5, 0.6) is 0 Å². The third-order valence-electron chi connectivity index (χ3n) is 3.06. The third-order valence-corrected chi connectivity index (χ3v) is 3.06. The van der Waals surface area contributed by atoms with Crippen molar-refractivity contribution in [3.05, 3.63) is 34.8 Å². The van der Waals surface area contributed by atoms with Gasteiger partial charge in [-0.2, -0.15) is 0 Å². The Bertz CT molecular complexity index is 800. The van der Waals surface area contributed by atoms with Gasteiger partial charge in [0.1, 0.15) is 12.2 Å². The summed E-state index contributed by atoms with van der Waals surface area (Å²) in [6.07, 6.45) is 2.38. The van der Waals surface area contributed by atoms with E-state index in [2.05, 4.69) is 20.5 Å². The minimum atomic E-state index is -0.490. The Balaban J connectivity index is 1.75. The fourth-order valence-electron chi connectivity index (χ4n) is 2.01. The zero-order chi connectivity index (χ0) is 14.1. The molecule has 0 aliphatic heterocycles. The molecule has 2 aromatic heterocycles. The molecule has 20 heavy (non-hydrogen) atoms. The van der Waals surface area contributed by atoms with E-state index in [0.717, 1.165) is 17.9 Å². The quantitative estimate of drug-likeness (QED) is 0.596. The first-order valence-corrected chi connectivity index (χ1v) is 6.12. The molecule has 2 heterocycles. The Hall–Kier alpha value is -2.77. The number of hydrogen-bond donors (Lipinski definition) is 3. The van der Waals surface area contributed by atoms with Crippen molar-refractivity contribution in [3.63, 3.8) is 0 Å². The summed E-state index contributed by atoms with van der Waals surface area (Å²) in [5, 5.41) is 11.0. The molecular weight excluding hydrogens is 260 g/mol. The van der Waals surface area contributed by atoms with Gasteiger partial charge in [0, 0.05) is 26.1 Å². The average molecular weight is 274 g/mol. The highest BCUT2D eigenvalue weighted by Gasteiger charge is 2.07. The highest BCUT2D eigenvalue weighted by Crippen LogP contribution is 2.24. The molecule has 0 saturated heterocycles. The van der Waals surface area contributed by atoms with Gasteiger partial charge in [0.2, 0.25) is 0 Å². The van der Waals surface area contributed by atoms with Crippen molar-refractivity contribution < 1.29 is 4.42 Å². The highest BCUT2D eigenvalue weighted by atomic mass is 16.4. The number of anilines is 2. The lowest BCUT2D eigenvalue weighted by molar-refractivity contribution is 0.555. The first-order valence-electron chi connectivity index (χ1n) is 6.12. The number of aromatic nitrogens is 4. The number of aryl methyl sites for hydroxylation is 1. The van der Waals surface area contributed by atoms with Gasteiger partial charge in [-0.05, 0) is 6.07 Å². The van der Waals surface area contributed by atoms with Gasteiger partial charge in [-0.25, -0.2) is 4.79 Å². The van der Waals surface area contributed by atoms with E-state index in [1.165, 1.54) is 0 Å². The Morgan fingerprint density at radius 3 is 3.10 bits per heavy atom. The SMILES string of the molecule is Cn1cnnc1CCNc1cc2[nH]c(=O)oc2cc1N. The highest BCUT2D eigenvalue weighted by molar-refractivity contribution is 5.85. The van der Waals surface area contributed by atoms with Crippen LogP contribution in [0.15, 0.2) is 27.7 Å². The summed E-state index contributed by atoms with van der Waals surface area (Å²) in [5.74, 6) is 0.393. The summed E-state index contributed by atoms with van der Waals surface area (Å²) < 4.78 is 6.81. The maximum atomic E-state index is 11.1. The molecule has 8 nitrogen and oxygen atoms in total. The van der Waals surface area contributed by atoms with Crippen molar-refractivity contribution in [2.24, 2.45) is 7.05 Å². The molecule has 3 aromatic rings. The molecule has 104 valence electrons. The Morgan fingerprint density at radius 2 is 2.35 bits per heavy atom.